The van der Waals surface area contributed by atoms with Gasteiger partial charge in [-0.3, -0.25) is 15.8 Å². The highest BCUT2D eigenvalue weighted by molar-refractivity contribution is 9.18. The van der Waals surface area contributed by atoms with Gasteiger partial charge in [-0.15, -0.1) is 0 Å². The van der Waals surface area contributed by atoms with Crippen LogP contribution in [0.15, 0.2) is 90.7 Å². The predicted molar refractivity (Wildman–Crippen MR) is 114 cm³/mol. The van der Waals surface area contributed by atoms with Crippen molar-refractivity contribution < 1.29 is 4.39 Å². The first-order valence-corrected chi connectivity index (χ1v) is 9.00. The van der Waals surface area contributed by atoms with Gasteiger partial charge in [0.05, 0.1) is 11.4 Å². The molecule has 3 nitrogen and oxygen atoms in total. The molecule has 0 saturated carbocycles. The number of nitrogens with zero attached hydrogens (tertiary/aromatic N) is 1. The van der Waals surface area contributed by atoms with E-state index >= 15 is 0 Å². The van der Waals surface area contributed by atoms with E-state index in [1.54, 1.807) is 60.8 Å². The summed E-state index contributed by atoms with van der Waals surface area (Å²) in [6.07, 6.45) is 8.55. The van der Waals surface area contributed by atoms with Crippen molar-refractivity contribution in [2.75, 3.05) is 0 Å². The summed E-state index contributed by atoms with van der Waals surface area (Å²) in [6.45, 7) is 5.50. The first-order chi connectivity index (χ1) is 13.0. The molecule has 0 radical (unpaired) electrons. The topological polar surface area (TPSA) is 60.6 Å². The first-order valence-electron chi connectivity index (χ1n) is 8.21. The largest absolute Gasteiger partial charge is 0.299 e. The maximum Gasteiger partial charge on any atom is 0.132 e. The van der Waals surface area contributed by atoms with Crippen LogP contribution in [0.4, 0.5) is 4.39 Å². The lowest BCUT2D eigenvalue weighted by molar-refractivity contribution is 0.625. The van der Waals surface area contributed by atoms with Crippen molar-refractivity contribution in [1.82, 2.24) is 4.98 Å². The molecule has 0 atom stereocenters. The van der Waals surface area contributed by atoms with Crippen molar-refractivity contribution in [3.05, 3.63) is 108 Å². The molecule has 0 saturated heterocycles. The normalized spacial score (nSPS) is 12.6. The Hall–Kier alpha value is -2.92. The number of allylic oxidation sites excluding steroid dienone is 7. The van der Waals surface area contributed by atoms with Gasteiger partial charge in [0, 0.05) is 22.9 Å². The van der Waals surface area contributed by atoms with Crippen LogP contribution in [-0.2, 0) is 0 Å². The van der Waals surface area contributed by atoms with Crippen molar-refractivity contribution in [2.45, 2.75) is 6.92 Å². The quantitative estimate of drug-likeness (QED) is 0.409. The lowest BCUT2D eigenvalue weighted by Crippen LogP contribution is -2.13. The molecule has 136 valence electrons. The second-order valence-electron chi connectivity index (χ2n) is 5.47. The molecule has 5 heteroatoms. The molecule has 0 aliphatic carbocycles. The van der Waals surface area contributed by atoms with Gasteiger partial charge in [0.25, 0.3) is 0 Å². The van der Waals surface area contributed by atoms with E-state index in [2.05, 4.69) is 27.5 Å². The van der Waals surface area contributed by atoms with Crippen molar-refractivity contribution in [3.63, 3.8) is 0 Å². The molecule has 2 N–H and O–H groups in total. The molecule has 0 amide bonds. The van der Waals surface area contributed by atoms with E-state index in [9.17, 15) is 4.39 Å². The number of aromatic nitrogens is 1. The van der Waals surface area contributed by atoms with E-state index in [-0.39, 0.29) is 15.9 Å². The minimum absolute atomic E-state index is 0.0280. The Kier molecular flexibility index (Phi) is 7.32. The molecule has 1 aromatic heterocycles. The summed E-state index contributed by atoms with van der Waals surface area (Å²) in [5.74, 6) is -0.496. The van der Waals surface area contributed by atoms with E-state index in [1.807, 2.05) is 13.0 Å². The summed E-state index contributed by atoms with van der Waals surface area (Å²) in [7, 11) is 0. The molecule has 1 heterocycles. The fraction of sp³-hybridized carbons (Fsp3) is 0.0455. The molecule has 0 spiro atoms. The van der Waals surface area contributed by atoms with Gasteiger partial charge in [-0.05, 0) is 52.7 Å². The number of nitrogens with one attached hydrogen (secondary N) is 2. The zero-order valence-corrected chi connectivity index (χ0v) is 16.4. The molecule has 1 aromatic carbocycles. The van der Waals surface area contributed by atoms with Crippen LogP contribution in [0.2, 0.25) is 0 Å². The second kappa shape index (κ2) is 9.69. The molecular weight excluding hydrogens is 405 g/mol. The van der Waals surface area contributed by atoms with Gasteiger partial charge in [-0.1, -0.05) is 49.1 Å². The Morgan fingerprint density at radius 2 is 1.85 bits per heavy atom. The van der Waals surface area contributed by atoms with Gasteiger partial charge in [-0.25, -0.2) is 4.39 Å². The van der Waals surface area contributed by atoms with E-state index in [0.717, 1.165) is 0 Å². The minimum atomic E-state index is -0.496. The van der Waals surface area contributed by atoms with Crippen LogP contribution in [0.1, 0.15) is 18.2 Å². The molecule has 27 heavy (non-hydrogen) atoms. The van der Waals surface area contributed by atoms with Gasteiger partial charge in [0.15, 0.2) is 0 Å². The smallest absolute Gasteiger partial charge is 0.132 e. The standard InChI is InChI=1S/C22H19BrFN3/c1-3-5-10-15(4-2)19(21(25)16-11-6-7-12-17(16)24)20(22(23)26)18-13-8-9-14-27-18/h3-14,25-26H,1H2,2H3/b10-5-,15-4+,20-19-,25-21?,26-22?. The van der Waals surface area contributed by atoms with Crippen LogP contribution >= 0.6 is 15.9 Å². The Bertz CT molecular complexity index is 957. The van der Waals surface area contributed by atoms with Crippen LogP contribution in [0, 0.1) is 16.6 Å². The van der Waals surface area contributed by atoms with Crippen LogP contribution in [0.25, 0.3) is 5.57 Å². The zero-order valence-electron chi connectivity index (χ0n) is 14.8. The minimum Gasteiger partial charge on any atom is -0.299 e. The van der Waals surface area contributed by atoms with Gasteiger partial charge in [0.1, 0.15) is 10.4 Å². The molecule has 2 aromatic rings. The zero-order chi connectivity index (χ0) is 19.8. The highest BCUT2D eigenvalue weighted by atomic mass is 79.9. The maximum atomic E-state index is 14.4. The predicted octanol–water partition coefficient (Wildman–Crippen LogP) is 6.10. The Labute approximate surface area is 166 Å². The van der Waals surface area contributed by atoms with Gasteiger partial charge < -0.3 is 0 Å². The van der Waals surface area contributed by atoms with Crippen molar-refractivity contribution in [2.24, 2.45) is 0 Å². The van der Waals surface area contributed by atoms with Crippen molar-refractivity contribution >= 4 is 31.8 Å². The molecular formula is C22H19BrFN3. The fourth-order valence-electron chi connectivity index (χ4n) is 2.57. The summed E-state index contributed by atoms with van der Waals surface area (Å²) in [6, 6.07) is 11.5. The van der Waals surface area contributed by atoms with E-state index in [1.165, 1.54) is 6.07 Å². The number of halogens is 2. The average Bonchev–Trinajstić information content (AvgIpc) is 2.68. The summed E-state index contributed by atoms with van der Waals surface area (Å²) >= 11 is 3.23. The monoisotopic (exact) mass is 423 g/mol. The van der Waals surface area contributed by atoms with Crippen LogP contribution in [0.3, 0.4) is 0 Å². The Balaban J connectivity index is 2.85. The number of pyridine rings is 1. The van der Waals surface area contributed by atoms with Gasteiger partial charge in [0.2, 0.25) is 0 Å². The highest BCUT2D eigenvalue weighted by Gasteiger charge is 2.22. The third kappa shape index (κ3) is 4.83. The van der Waals surface area contributed by atoms with Crippen molar-refractivity contribution in [3.8, 4) is 0 Å². The lowest BCUT2D eigenvalue weighted by Gasteiger charge is -2.17. The van der Waals surface area contributed by atoms with E-state index in [4.69, 9.17) is 10.8 Å². The molecule has 0 aliphatic rings. The summed E-state index contributed by atoms with van der Waals surface area (Å²) in [4.78, 5) is 4.33. The van der Waals surface area contributed by atoms with E-state index < -0.39 is 5.82 Å². The number of benzene rings is 1. The molecule has 0 aliphatic heterocycles. The van der Waals surface area contributed by atoms with Gasteiger partial charge >= 0.3 is 0 Å². The van der Waals surface area contributed by atoms with Gasteiger partial charge in [-0.2, -0.15) is 0 Å². The first kappa shape index (κ1) is 20.4. The number of hydrogen-bond donors (Lipinski definition) is 2. The van der Waals surface area contributed by atoms with Crippen LogP contribution in [-0.4, -0.2) is 15.3 Å². The van der Waals surface area contributed by atoms with Crippen molar-refractivity contribution in [1.29, 1.82) is 10.8 Å². The average molecular weight is 424 g/mol. The molecule has 0 unspecified atom stereocenters. The highest BCUT2D eigenvalue weighted by Crippen LogP contribution is 2.30. The SMILES string of the molecule is C=C\C=C/C(=C\C)C(/C(=N)c1ccccc1F)=C(/C(=N)Br)c1ccccn1. The molecule has 2 rings (SSSR count). The fourth-order valence-corrected chi connectivity index (χ4v) is 2.97. The Morgan fingerprint density at radius 1 is 1.15 bits per heavy atom. The van der Waals surface area contributed by atoms with Crippen LogP contribution in [0.5, 0.6) is 0 Å². The molecule has 0 bridgehead atoms. The summed E-state index contributed by atoms with van der Waals surface area (Å²) in [5.41, 5.74) is 2.11. The lowest BCUT2D eigenvalue weighted by atomic mass is 9.89. The second-order valence-corrected chi connectivity index (χ2v) is 6.27. The third-order valence-electron chi connectivity index (χ3n) is 3.80. The summed E-state index contributed by atoms with van der Waals surface area (Å²) < 4.78 is 14.4. The molecule has 0 fully saturated rings. The Morgan fingerprint density at radius 3 is 2.41 bits per heavy atom. The van der Waals surface area contributed by atoms with Crippen LogP contribution < -0.4 is 0 Å². The third-order valence-corrected chi connectivity index (χ3v) is 4.19. The maximum absolute atomic E-state index is 14.4. The number of hydrogen-bond acceptors (Lipinski definition) is 3. The number of rotatable bonds is 7. The summed E-state index contributed by atoms with van der Waals surface area (Å²) in [5, 5.41) is 17.0. The van der Waals surface area contributed by atoms with E-state index in [0.29, 0.717) is 22.4 Å².